The molecule has 0 aromatic carbocycles. The van der Waals surface area contributed by atoms with Crippen LogP contribution in [-0.4, -0.2) is 79.3 Å². The second-order valence-electron chi connectivity index (χ2n) is 9.58. The largest absolute Gasteiger partial charge is 0.481 e. The van der Waals surface area contributed by atoms with E-state index >= 15 is 0 Å². The van der Waals surface area contributed by atoms with Crippen molar-refractivity contribution in [1.82, 2.24) is 0 Å². The Bertz CT molecular complexity index is 775. The molecule has 4 atom stereocenters. The fourth-order valence-corrected chi connectivity index (χ4v) is 4.60. The number of rotatable bonds is 14. The topological polar surface area (TPSA) is 202 Å². The van der Waals surface area contributed by atoms with Crippen LogP contribution in [0.4, 0.5) is 0 Å². The first kappa shape index (κ1) is 28.4. The zero-order chi connectivity index (χ0) is 26.2. The quantitative estimate of drug-likeness (QED) is 0.243. The molecule has 196 valence electrons. The van der Waals surface area contributed by atoms with Crippen molar-refractivity contribution in [3.8, 4) is 0 Å². The average molecular weight is 500 g/mol. The lowest BCUT2D eigenvalue weighted by Crippen LogP contribution is -2.44. The third kappa shape index (κ3) is 10.1. The molecule has 12 nitrogen and oxygen atoms in total. The first-order valence-electron chi connectivity index (χ1n) is 11.6. The number of hydrogen-bond acceptors (Lipinski definition) is 10. The Balaban J connectivity index is 1.67. The minimum Gasteiger partial charge on any atom is -0.481 e. The predicted octanol–water partition coefficient (Wildman–Crippen LogP) is 0.678. The Morgan fingerprint density at radius 3 is 1.43 bits per heavy atom. The Hall–Kier alpha value is -2.86. The van der Waals surface area contributed by atoms with Crippen LogP contribution in [-0.2, 0) is 38.2 Å². The summed E-state index contributed by atoms with van der Waals surface area (Å²) in [4.78, 5) is 69.4. The molecule has 35 heavy (non-hydrogen) atoms. The highest BCUT2D eigenvalue weighted by Crippen LogP contribution is 2.32. The summed E-state index contributed by atoms with van der Waals surface area (Å²) in [6.07, 6.45) is -2.74. The standard InChI is InChI=1S/C23H32O12/c24-14(4-6-16-8-22(32,10-18(26)27)12-20(30)34-16)2-1-3-15(25)5-7-17-9-23(33,11-19(28)29)13-21(31)35-17/h16-17,32-33H,1-13H2,(H,26,27)(H,28,29). The number of esters is 2. The van der Waals surface area contributed by atoms with Crippen molar-refractivity contribution >= 4 is 35.4 Å². The fraction of sp³-hybridized carbons (Fsp3) is 0.739. The number of ether oxygens (including phenoxy) is 2. The van der Waals surface area contributed by atoms with E-state index in [0.29, 0.717) is 6.42 Å². The molecule has 4 N–H and O–H groups in total. The first-order chi connectivity index (χ1) is 16.3. The maximum atomic E-state index is 12.1. The van der Waals surface area contributed by atoms with Crippen LogP contribution in [0.25, 0.3) is 0 Å². The molecule has 2 fully saturated rings. The molecule has 0 saturated carbocycles. The number of cyclic esters (lactones) is 2. The molecular weight excluding hydrogens is 468 g/mol. The predicted molar refractivity (Wildman–Crippen MR) is 115 cm³/mol. The van der Waals surface area contributed by atoms with E-state index in [0.717, 1.165) is 0 Å². The van der Waals surface area contributed by atoms with E-state index in [9.17, 15) is 39.0 Å². The molecular formula is C23H32O12. The minimum absolute atomic E-state index is 0.0511. The van der Waals surface area contributed by atoms with Crippen LogP contribution < -0.4 is 0 Å². The molecule has 0 amide bonds. The van der Waals surface area contributed by atoms with Gasteiger partial charge in [-0.3, -0.25) is 28.8 Å². The van der Waals surface area contributed by atoms with Crippen LogP contribution in [0.5, 0.6) is 0 Å². The molecule has 4 unspecified atom stereocenters. The lowest BCUT2D eigenvalue weighted by Gasteiger charge is -2.34. The van der Waals surface area contributed by atoms with Gasteiger partial charge in [-0.2, -0.15) is 0 Å². The van der Waals surface area contributed by atoms with Crippen molar-refractivity contribution in [3.05, 3.63) is 0 Å². The van der Waals surface area contributed by atoms with Crippen LogP contribution in [0.2, 0.25) is 0 Å². The third-order valence-corrected chi connectivity index (χ3v) is 6.12. The summed E-state index contributed by atoms with van der Waals surface area (Å²) >= 11 is 0. The first-order valence-corrected chi connectivity index (χ1v) is 11.6. The molecule has 0 bridgehead atoms. The highest BCUT2D eigenvalue weighted by atomic mass is 16.6. The number of carbonyl (C=O) groups excluding carboxylic acids is 4. The van der Waals surface area contributed by atoms with Gasteiger partial charge in [0.2, 0.25) is 0 Å². The maximum absolute atomic E-state index is 12.1. The van der Waals surface area contributed by atoms with E-state index < -0.39 is 73.0 Å². The van der Waals surface area contributed by atoms with Crippen LogP contribution >= 0.6 is 0 Å². The number of carbonyl (C=O) groups is 6. The van der Waals surface area contributed by atoms with E-state index in [-0.39, 0.29) is 62.9 Å². The highest BCUT2D eigenvalue weighted by Gasteiger charge is 2.42. The average Bonchev–Trinajstić information content (AvgIpc) is 2.67. The van der Waals surface area contributed by atoms with Crippen molar-refractivity contribution in [3.63, 3.8) is 0 Å². The van der Waals surface area contributed by atoms with Gasteiger partial charge in [0.05, 0.1) is 36.9 Å². The van der Waals surface area contributed by atoms with E-state index in [1.807, 2.05) is 0 Å². The van der Waals surface area contributed by atoms with Crippen molar-refractivity contribution < 1.29 is 58.7 Å². The number of Topliss-reactive ketones (excluding diaryl/α,β-unsaturated/α-hetero) is 2. The van der Waals surface area contributed by atoms with Gasteiger partial charge in [-0.1, -0.05) is 0 Å². The van der Waals surface area contributed by atoms with Gasteiger partial charge in [0.15, 0.2) is 0 Å². The lowest BCUT2D eigenvalue weighted by atomic mass is 9.85. The molecule has 2 aliphatic rings. The second-order valence-corrected chi connectivity index (χ2v) is 9.58. The summed E-state index contributed by atoms with van der Waals surface area (Å²) < 4.78 is 10.2. The fourth-order valence-electron chi connectivity index (χ4n) is 4.60. The van der Waals surface area contributed by atoms with Gasteiger partial charge in [-0.25, -0.2) is 0 Å². The Morgan fingerprint density at radius 2 is 1.09 bits per heavy atom. The van der Waals surface area contributed by atoms with Gasteiger partial charge in [0.25, 0.3) is 0 Å². The van der Waals surface area contributed by atoms with E-state index in [1.165, 1.54) is 0 Å². The molecule has 0 aromatic rings. The number of ketones is 2. The second kappa shape index (κ2) is 12.2. The number of hydrogen-bond donors (Lipinski definition) is 4. The molecule has 2 saturated heterocycles. The van der Waals surface area contributed by atoms with Gasteiger partial charge in [0.1, 0.15) is 23.8 Å². The maximum Gasteiger partial charge on any atom is 0.309 e. The van der Waals surface area contributed by atoms with Crippen molar-refractivity contribution in [2.75, 3.05) is 0 Å². The SMILES string of the molecule is O=C(O)CC1(O)CC(=O)OC(CCC(=O)CCCC(=O)CCC2CC(O)(CC(=O)O)CC(=O)O2)C1. The van der Waals surface area contributed by atoms with Gasteiger partial charge in [-0.05, 0) is 19.3 Å². The highest BCUT2D eigenvalue weighted by molar-refractivity contribution is 5.81. The normalized spacial score (nSPS) is 28.6. The third-order valence-electron chi connectivity index (χ3n) is 6.12. The summed E-state index contributed by atoms with van der Waals surface area (Å²) in [6.45, 7) is 0. The smallest absolute Gasteiger partial charge is 0.309 e. The zero-order valence-corrected chi connectivity index (χ0v) is 19.4. The van der Waals surface area contributed by atoms with E-state index in [2.05, 4.69) is 0 Å². The summed E-state index contributed by atoms with van der Waals surface area (Å²) in [5.74, 6) is -4.23. The Labute approximate surface area is 201 Å². The van der Waals surface area contributed by atoms with Gasteiger partial charge < -0.3 is 29.9 Å². The van der Waals surface area contributed by atoms with Gasteiger partial charge in [-0.15, -0.1) is 0 Å². The number of aliphatic carboxylic acids is 2. The summed E-state index contributed by atoms with van der Waals surface area (Å²) in [5.41, 5.74) is -3.39. The summed E-state index contributed by atoms with van der Waals surface area (Å²) in [5, 5.41) is 38.4. The zero-order valence-electron chi connectivity index (χ0n) is 19.4. The molecule has 0 aromatic heterocycles. The number of carboxylic acids is 2. The van der Waals surface area contributed by atoms with Crippen molar-refractivity contribution in [2.24, 2.45) is 0 Å². The van der Waals surface area contributed by atoms with Crippen LogP contribution in [0.3, 0.4) is 0 Å². The molecule has 2 rings (SSSR count). The molecule has 12 heteroatoms. The monoisotopic (exact) mass is 500 g/mol. The molecule has 0 radical (unpaired) electrons. The Kier molecular flexibility index (Phi) is 9.90. The van der Waals surface area contributed by atoms with Gasteiger partial charge >= 0.3 is 23.9 Å². The molecule has 0 aliphatic carbocycles. The molecule has 2 aliphatic heterocycles. The number of carboxylic acid groups (broad SMARTS) is 2. The number of aliphatic hydroxyl groups is 2. The van der Waals surface area contributed by atoms with Crippen molar-refractivity contribution in [1.29, 1.82) is 0 Å². The van der Waals surface area contributed by atoms with Gasteiger partial charge in [0, 0.05) is 38.5 Å². The Morgan fingerprint density at radius 1 is 0.714 bits per heavy atom. The van der Waals surface area contributed by atoms with Crippen molar-refractivity contribution in [2.45, 2.75) is 107 Å². The lowest BCUT2D eigenvalue weighted by molar-refractivity contribution is -0.176. The molecule has 0 spiro atoms. The van der Waals surface area contributed by atoms with Crippen LogP contribution in [0.1, 0.15) is 83.5 Å². The van der Waals surface area contributed by atoms with Crippen LogP contribution in [0, 0.1) is 0 Å². The minimum atomic E-state index is -1.70. The van der Waals surface area contributed by atoms with E-state index in [1.54, 1.807) is 0 Å². The van der Waals surface area contributed by atoms with E-state index in [4.69, 9.17) is 19.7 Å². The summed E-state index contributed by atoms with van der Waals surface area (Å²) in [6, 6.07) is 0. The molecule has 2 heterocycles. The summed E-state index contributed by atoms with van der Waals surface area (Å²) in [7, 11) is 0. The van der Waals surface area contributed by atoms with Crippen LogP contribution in [0.15, 0.2) is 0 Å².